The molecule has 0 heterocycles. The molecule has 0 aromatic heterocycles. The van der Waals surface area contributed by atoms with Gasteiger partial charge in [0.25, 0.3) is 0 Å². The highest BCUT2D eigenvalue weighted by molar-refractivity contribution is 6.07. The quantitative estimate of drug-likeness (QED) is 0.185. The Bertz CT molecular complexity index is 1350. The highest BCUT2D eigenvalue weighted by Crippen LogP contribution is 2.29. The SMILES string of the molecule is C=C(N=C(Cc1ccccc1-c1cc(C)ccc1C)N=C(C)c1ccccc1)c1ccccc1.CC.CC. The molecule has 2 nitrogen and oxygen atoms in total. The van der Waals surface area contributed by atoms with Crippen LogP contribution in [0.3, 0.4) is 0 Å². The van der Waals surface area contributed by atoms with E-state index in [-0.39, 0.29) is 0 Å². The smallest absolute Gasteiger partial charge is 0.133 e. The summed E-state index contributed by atoms with van der Waals surface area (Å²) in [7, 11) is 0. The van der Waals surface area contributed by atoms with Crippen molar-refractivity contribution >= 4 is 17.2 Å². The van der Waals surface area contributed by atoms with Crippen LogP contribution in [-0.2, 0) is 6.42 Å². The predicted molar refractivity (Wildman–Crippen MR) is 169 cm³/mol. The summed E-state index contributed by atoms with van der Waals surface area (Å²) in [6.45, 7) is 18.6. The van der Waals surface area contributed by atoms with Crippen molar-refractivity contribution in [3.05, 3.63) is 138 Å². The molecule has 0 N–H and O–H groups in total. The molecule has 4 aromatic rings. The second-order valence-electron chi connectivity index (χ2n) is 8.56. The molecular formula is C36H42N2. The van der Waals surface area contributed by atoms with Crippen molar-refractivity contribution in [1.82, 2.24) is 0 Å². The summed E-state index contributed by atoms with van der Waals surface area (Å²) >= 11 is 0. The lowest BCUT2D eigenvalue weighted by molar-refractivity contribution is 1.26. The highest BCUT2D eigenvalue weighted by Gasteiger charge is 2.12. The van der Waals surface area contributed by atoms with E-state index in [1.807, 2.05) is 83.1 Å². The fourth-order valence-corrected chi connectivity index (χ4v) is 4.03. The molecule has 0 spiro atoms. The Balaban J connectivity index is 0.00000121. The Morgan fingerprint density at radius 3 is 1.82 bits per heavy atom. The van der Waals surface area contributed by atoms with Gasteiger partial charge in [-0.15, -0.1) is 0 Å². The Kier molecular flexibility index (Phi) is 12.7. The third-order valence-corrected chi connectivity index (χ3v) is 5.91. The van der Waals surface area contributed by atoms with Gasteiger partial charge >= 0.3 is 0 Å². The first-order chi connectivity index (χ1) is 18.5. The predicted octanol–water partition coefficient (Wildman–Crippen LogP) is 10.1. The maximum atomic E-state index is 4.99. The number of benzene rings is 4. The van der Waals surface area contributed by atoms with Gasteiger partial charge in [0, 0.05) is 12.1 Å². The molecule has 0 unspecified atom stereocenters. The summed E-state index contributed by atoms with van der Waals surface area (Å²) < 4.78 is 0. The molecule has 0 amide bonds. The van der Waals surface area contributed by atoms with E-state index >= 15 is 0 Å². The number of hydrogen-bond donors (Lipinski definition) is 0. The van der Waals surface area contributed by atoms with Crippen molar-refractivity contribution in [2.45, 2.75) is 54.9 Å². The van der Waals surface area contributed by atoms with Crippen LogP contribution in [0.2, 0.25) is 0 Å². The van der Waals surface area contributed by atoms with E-state index in [2.05, 4.69) is 75.0 Å². The van der Waals surface area contributed by atoms with Crippen molar-refractivity contribution in [2.75, 3.05) is 0 Å². The lowest BCUT2D eigenvalue weighted by Gasteiger charge is -2.14. The van der Waals surface area contributed by atoms with Gasteiger partial charge in [-0.2, -0.15) is 0 Å². The number of amidine groups is 1. The van der Waals surface area contributed by atoms with Gasteiger partial charge in [0.2, 0.25) is 0 Å². The molecule has 0 aliphatic carbocycles. The van der Waals surface area contributed by atoms with Crippen molar-refractivity contribution in [2.24, 2.45) is 9.98 Å². The molecule has 4 rings (SSSR count). The van der Waals surface area contributed by atoms with Crippen molar-refractivity contribution in [3.8, 4) is 11.1 Å². The molecule has 0 aliphatic rings. The lowest BCUT2D eigenvalue weighted by Crippen LogP contribution is -2.07. The summed E-state index contributed by atoms with van der Waals surface area (Å²) in [5.74, 6) is 0.743. The van der Waals surface area contributed by atoms with Gasteiger partial charge in [-0.3, -0.25) is 0 Å². The first kappa shape index (κ1) is 30.2. The van der Waals surface area contributed by atoms with E-state index in [1.54, 1.807) is 0 Å². The van der Waals surface area contributed by atoms with E-state index in [9.17, 15) is 0 Å². The minimum atomic E-state index is 0.611. The molecule has 0 bridgehead atoms. The molecule has 0 fully saturated rings. The Morgan fingerprint density at radius 2 is 1.18 bits per heavy atom. The standard InChI is InChI=1S/C32H30N2.2C2H6/c1-23-19-20-24(2)31(21-23)30-18-12-11-17-29(30)22-32(33-25(3)27-13-7-5-8-14-27)34-26(4)28-15-9-6-10-16-28;2*1-2/h5-21H,3,22H2,1-2,4H3;2*1-2H3. The Hall–Kier alpha value is -4.04. The van der Waals surface area contributed by atoms with Crippen molar-refractivity contribution in [1.29, 1.82) is 0 Å². The van der Waals surface area contributed by atoms with Crippen LogP contribution in [0.4, 0.5) is 0 Å². The largest absolute Gasteiger partial charge is 0.237 e. The molecule has 0 saturated heterocycles. The van der Waals surface area contributed by atoms with Gasteiger partial charge in [0.15, 0.2) is 0 Å². The van der Waals surface area contributed by atoms with E-state index in [4.69, 9.17) is 9.98 Å². The van der Waals surface area contributed by atoms with Crippen LogP contribution in [0.15, 0.2) is 120 Å². The summed E-state index contributed by atoms with van der Waals surface area (Å²) in [5, 5.41) is 0. The van der Waals surface area contributed by atoms with Gasteiger partial charge < -0.3 is 0 Å². The van der Waals surface area contributed by atoms with Crippen molar-refractivity contribution in [3.63, 3.8) is 0 Å². The van der Waals surface area contributed by atoms with Gasteiger partial charge in [0.05, 0.1) is 5.70 Å². The third-order valence-electron chi connectivity index (χ3n) is 5.91. The molecule has 0 saturated carbocycles. The molecule has 0 radical (unpaired) electrons. The van der Waals surface area contributed by atoms with Crippen LogP contribution < -0.4 is 0 Å². The summed E-state index contributed by atoms with van der Waals surface area (Å²) in [6, 6.07) is 35.4. The Morgan fingerprint density at radius 1 is 0.632 bits per heavy atom. The highest BCUT2D eigenvalue weighted by atomic mass is 14.9. The number of nitrogens with zero attached hydrogens (tertiary/aromatic N) is 2. The maximum Gasteiger partial charge on any atom is 0.133 e. The molecule has 0 aliphatic heterocycles. The fraction of sp³-hybridized carbons (Fsp3) is 0.222. The van der Waals surface area contributed by atoms with Crippen LogP contribution in [0.25, 0.3) is 16.8 Å². The third kappa shape index (κ3) is 8.52. The van der Waals surface area contributed by atoms with Gasteiger partial charge in [-0.1, -0.05) is 143 Å². The topological polar surface area (TPSA) is 24.7 Å². The van der Waals surface area contributed by atoms with Crippen LogP contribution >= 0.6 is 0 Å². The maximum absolute atomic E-state index is 4.99. The summed E-state index contributed by atoms with van der Waals surface area (Å²) in [5.41, 5.74) is 9.90. The minimum Gasteiger partial charge on any atom is -0.237 e. The van der Waals surface area contributed by atoms with E-state index in [0.717, 1.165) is 22.7 Å². The van der Waals surface area contributed by atoms with Crippen molar-refractivity contribution < 1.29 is 0 Å². The van der Waals surface area contributed by atoms with Gasteiger partial charge in [0.1, 0.15) is 5.84 Å². The number of aliphatic imine (C=N–C) groups is 2. The van der Waals surface area contributed by atoms with E-state index < -0.39 is 0 Å². The fourth-order valence-electron chi connectivity index (χ4n) is 4.03. The summed E-state index contributed by atoms with van der Waals surface area (Å²) in [6.07, 6.45) is 0.611. The molecule has 4 aromatic carbocycles. The number of aryl methyl sites for hydroxylation is 2. The number of rotatable bonds is 6. The van der Waals surface area contributed by atoms with Crippen LogP contribution in [0.1, 0.15) is 62.4 Å². The first-order valence-electron chi connectivity index (χ1n) is 13.6. The zero-order valence-corrected chi connectivity index (χ0v) is 24.1. The molecule has 38 heavy (non-hydrogen) atoms. The number of hydrogen-bond acceptors (Lipinski definition) is 1. The average molecular weight is 503 g/mol. The molecular weight excluding hydrogens is 460 g/mol. The lowest BCUT2D eigenvalue weighted by atomic mass is 9.93. The molecule has 2 heteroatoms. The van der Waals surface area contributed by atoms with Gasteiger partial charge in [-0.05, 0) is 54.2 Å². The van der Waals surface area contributed by atoms with Gasteiger partial charge in [-0.25, -0.2) is 9.98 Å². The second-order valence-corrected chi connectivity index (χ2v) is 8.56. The van der Waals surface area contributed by atoms with Crippen LogP contribution in [0, 0.1) is 13.8 Å². The zero-order chi connectivity index (χ0) is 27.9. The van der Waals surface area contributed by atoms with E-state index in [0.29, 0.717) is 12.1 Å². The molecule has 0 atom stereocenters. The van der Waals surface area contributed by atoms with Crippen LogP contribution in [-0.4, -0.2) is 11.5 Å². The normalized spacial score (nSPS) is 11.0. The van der Waals surface area contributed by atoms with Crippen LogP contribution in [0.5, 0.6) is 0 Å². The summed E-state index contributed by atoms with van der Waals surface area (Å²) in [4.78, 5) is 9.91. The first-order valence-corrected chi connectivity index (χ1v) is 13.6. The monoisotopic (exact) mass is 502 g/mol. The second kappa shape index (κ2) is 15.9. The average Bonchev–Trinajstić information content (AvgIpc) is 2.97. The minimum absolute atomic E-state index is 0.611. The zero-order valence-electron chi connectivity index (χ0n) is 24.1. The molecule has 196 valence electrons. The van der Waals surface area contributed by atoms with E-state index in [1.165, 1.54) is 27.8 Å². The Labute approximate surface area is 230 Å².